The first-order valence-corrected chi connectivity index (χ1v) is 16.5. The van der Waals surface area contributed by atoms with Crippen LogP contribution in [0.3, 0.4) is 0 Å². The van der Waals surface area contributed by atoms with Crippen molar-refractivity contribution in [1.29, 1.82) is 0 Å². The van der Waals surface area contributed by atoms with Crippen molar-refractivity contribution >= 4 is 25.1 Å². The van der Waals surface area contributed by atoms with E-state index in [1.165, 1.54) is 17.8 Å². The van der Waals surface area contributed by atoms with Crippen LogP contribution in [0.5, 0.6) is 5.75 Å². The lowest BCUT2D eigenvalue weighted by Gasteiger charge is -2.31. The number of esters is 1. The zero-order chi connectivity index (χ0) is 32.1. The van der Waals surface area contributed by atoms with Gasteiger partial charge in [0, 0.05) is 0 Å². The summed E-state index contributed by atoms with van der Waals surface area (Å²) in [4.78, 5) is 17.2. The molecular weight excluding hydrogens is 589 g/mol. The number of fused-ring (bicyclic) bond motifs is 1. The Labute approximate surface area is 257 Å². The summed E-state index contributed by atoms with van der Waals surface area (Å²) in [5.41, 5.74) is 5.36. The van der Waals surface area contributed by atoms with Crippen LogP contribution in [0.2, 0.25) is 0 Å². The molecule has 5 N–H and O–H groups in total. The van der Waals surface area contributed by atoms with E-state index in [9.17, 15) is 19.6 Å². The smallest absolute Gasteiger partial charge is 0.459 e. The van der Waals surface area contributed by atoms with E-state index < -0.39 is 50.3 Å². The Morgan fingerprint density at radius 1 is 1.18 bits per heavy atom. The van der Waals surface area contributed by atoms with Crippen LogP contribution in [0.4, 0.5) is 5.82 Å². The number of carbonyl (C=O) groups is 1. The van der Waals surface area contributed by atoms with E-state index >= 15 is 0 Å². The number of para-hydroxylation sites is 1. The van der Waals surface area contributed by atoms with Crippen molar-refractivity contribution in [3.63, 3.8) is 0 Å². The lowest BCUT2D eigenvalue weighted by atomic mass is 9.97. The normalized spacial score (nSPS) is 24.1. The molecule has 3 heterocycles. The van der Waals surface area contributed by atoms with E-state index in [-0.39, 0.29) is 30.0 Å². The number of anilines is 1. The fourth-order valence-corrected chi connectivity index (χ4v) is 6.71. The van der Waals surface area contributed by atoms with Crippen molar-refractivity contribution in [1.82, 2.24) is 19.7 Å². The minimum Gasteiger partial charge on any atom is -0.464 e. The lowest BCUT2D eigenvalue weighted by molar-refractivity contribution is -0.147. The highest BCUT2D eigenvalue weighted by molar-refractivity contribution is 7.52. The molecule has 2 aromatic heterocycles. The van der Waals surface area contributed by atoms with Crippen molar-refractivity contribution in [2.75, 3.05) is 18.9 Å². The molecule has 1 saturated heterocycles. The van der Waals surface area contributed by atoms with E-state index in [0.717, 1.165) is 12.8 Å². The standard InChI is InChI=1S/C30H44N5O8P/c1-6-20(7-2)16-40-29(38)22(15-19(3)4)34-44(39,43-21-11-9-8-10-12-21)41-17-30(5)27(37)25(36)26(42-30)23-13-14-24-28(31)32-18-33-35(23)24/h8-14,18-20,22,25-27,36-37H,6-7,15-17H2,1-5H3,(H,34,39)(H2,31,32,33)/t22-,25-,26-,27-,30+,44+/m0/s1. The van der Waals surface area contributed by atoms with Gasteiger partial charge in [-0.2, -0.15) is 10.2 Å². The Bertz CT molecular complexity index is 1440. The van der Waals surface area contributed by atoms with Crippen LogP contribution >= 0.6 is 7.75 Å². The largest absolute Gasteiger partial charge is 0.464 e. The third kappa shape index (κ3) is 7.77. The summed E-state index contributed by atoms with van der Waals surface area (Å²) < 4.78 is 39.4. The maximum absolute atomic E-state index is 14.3. The summed E-state index contributed by atoms with van der Waals surface area (Å²) in [5.74, 6) is 0.172. The van der Waals surface area contributed by atoms with Crippen LogP contribution < -0.4 is 15.3 Å². The van der Waals surface area contributed by atoms with Gasteiger partial charge in [0.1, 0.15) is 47.5 Å². The third-order valence-electron chi connectivity index (χ3n) is 7.87. The molecule has 3 aromatic rings. The number of nitrogens with one attached hydrogen (secondary N) is 1. The number of hydrogen-bond acceptors (Lipinski definition) is 11. The minimum absolute atomic E-state index is 0.0431. The average molecular weight is 634 g/mol. The Morgan fingerprint density at radius 2 is 1.89 bits per heavy atom. The van der Waals surface area contributed by atoms with E-state index in [4.69, 9.17) is 24.3 Å². The molecule has 6 atom stereocenters. The molecule has 0 aliphatic carbocycles. The highest BCUT2D eigenvalue weighted by Gasteiger charge is 2.54. The van der Waals surface area contributed by atoms with Crippen molar-refractivity contribution in [3.8, 4) is 5.75 Å². The zero-order valence-electron chi connectivity index (χ0n) is 25.8. The van der Waals surface area contributed by atoms with Gasteiger partial charge in [-0.3, -0.25) is 9.32 Å². The number of ether oxygens (including phenoxy) is 2. The van der Waals surface area contributed by atoms with Crippen LogP contribution in [0.25, 0.3) is 5.52 Å². The first kappa shape index (κ1) is 33.8. The molecule has 44 heavy (non-hydrogen) atoms. The summed E-state index contributed by atoms with van der Waals surface area (Å²) in [6.45, 7) is 9.24. The third-order valence-corrected chi connectivity index (χ3v) is 9.42. The Hall–Kier alpha value is -3.06. The molecule has 0 radical (unpaired) electrons. The van der Waals surface area contributed by atoms with Crippen LogP contribution in [0.1, 0.15) is 65.7 Å². The minimum atomic E-state index is -4.30. The lowest BCUT2D eigenvalue weighted by Crippen LogP contribution is -2.45. The highest BCUT2D eigenvalue weighted by Crippen LogP contribution is 2.49. The van der Waals surface area contributed by atoms with Gasteiger partial charge in [0.05, 0.1) is 18.9 Å². The predicted molar refractivity (Wildman–Crippen MR) is 164 cm³/mol. The number of benzene rings is 1. The molecule has 14 heteroatoms. The number of hydrogen-bond donors (Lipinski definition) is 4. The molecule has 4 rings (SSSR count). The summed E-state index contributed by atoms with van der Waals surface area (Å²) in [6, 6.07) is 10.8. The number of aromatic nitrogens is 3. The fraction of sp³-hybridized carbons (Fsp3) is 0.567. The molecule has 13 nitrogen and oxygen atoms in total. The second-order valence-corrected chi connectivity index (χ2v) is 13.5. The molecule has 242 valence electrons. The fourth-order valence-electron chi connectivity index (χ4n) is 5.11. The average Bonchev–Trinajstić information content (AvgIpc) is 3.52. The van der Waals surface area contributed by atoms with Gasteiger partial charge in [-0.05, 0) is 49.4 Å². The molecule has 1 aliphatic heterocycles. The second kappa shape index (κ2) is 14.4. The van der Waals surface area contributed by atoms with E-state index in [1.807, 2.05) is 27.7 Å². The van der Waals surface area contributed by atoms with Crippen molar-refractivity contribution in [2.24, 2.45) is 11.8 Å². The van der Waals surface area contributed by atoms with E-state index in [0.29, 0.717) is 17.6 Å². The van der Waals surface area contributed by atoms with Gasteiger partial charge in [-0.1, -0.05) is 58.7 Å². The Kier molecular flexibility index (Phi) is 11.0. The Balaban J connectivity index is 1.57. The molecule has 0 unspecified atom stereocenters. The van der Waals surface area contributed by atoms with E-state index in [2.05, 4.69) is 15.2 Å². The zero-order valence-corrected chi connectivity index (χ0v) is 26.7. The molecule has 0 spiro atoms. The van der Waals surface area contributed by atoms with Crippen LogP contribution in [-0.4, -0.2) is 67.8 Å². The van der Waals surface area contributed by atoms with Crippen LogP contribution in [0, 0.1) is 11.8 Å². The molecular formula is C30H44N5O8P. The molecule has 1 fully saturated rings. The summed E-state index contributed by atoms with van der Waals surface area (Å²) >= 11 is 0. The van der Waals surface area contributed by atoms with Crippen molar-refractivity contribution in [2.45, 2.75) is 83.8 Å². The SMILES string of the molecule is CCC(CC)COC(=O)[C@H](CC(C)C)N[P@@](=O)(OC[C@@]1(C)O[C@@H](c2ccc3c(N)ncnn23)[C@H](O)[C@@H]1O)Oc1ccccc1. The number of nitrogens with two attached hydrogens (primary N) is 1. The number of rotatable bonds is 15. The number of carbonyl (C=O) groups excluding carboxylic acids is 1. The number of aliphatic hydroxyl groups excluding tert-OH is 2. The van der Waals surface area contributed by atoms with Gasteiger partial charge in [-0.15, -0.1) is 0 Å². The first-order chi connectivity index (χ1) is 20.9. The van der Waals surface area contributed by atoms with Gasteiger partial charge in [-0.25, -0.2) is 14.1 Å². The van der Waals surface area contributed by atoms with Gasteiger partial charge < -0.3 is 29.9 Å². The van der Waals surface area contributed by atoms with E-state index in [1.54, 1.807) is 42.5 Å². The van der Waals surface area contributed by atoms with Crippen LogP contribution in [0.15, 0.2) is 48.8 Å². The number of nitrogen functional groups attached to an aromatic ring is 1. The monoisotopic (exact) mass is 633 g/mol. The molecule has 1 aromatic carbocycles. The summed E-state index contributed by atoms with van der Waals surface area (Å²) in [7, 11) is -4.30. The summed E-state index contributed by atoms with van der Waals surface area (Å²) in [5, 5.41) is 29.1. The Morgan fingerprint density at radius 3 is 2.55 bits per heavy atom. The maximum Gasteiger partial charge on any atom is 0.459 e. The molecule has 1 aliphatic rings. The van der Waals surface area contributed by atoms with Gasteiger partial charge in [0.2, 0.25) is 0 Å². The molecule has 0 saturated carbocycles. The topological polar surface area (TPSA) is 180 Å². The maximum atomic E-state index is 14.3. The van der Waals surface area contributed by atoms with Crippen molar-refractivity contribution in [3.05, 3.63) is 54.5 Å². The molecule has 0 amide bonds. The highest BCUT2D eigenvalue weighted by atomic mass is 31.2. The molecule has 0 bridgehead atoms. The second-order valence-electron chi connectivity index (χ2n) is 11.8. The first-order valence-electron chi connectivity index (χ1n) is 14.9. The predicted octanol–water partition coefficient (Wildman–Crippen LogP) is 4.05. The van der Waals surface area contributed by atoms with Gasteiger partial charge >= 0.3 is 13.7 Å². The number of aliphatic hydroxyl groups is 2. The summed E-state index contributed by atoms with van der Waals surface area (Å²) in [6.07, 6.45) is -0.552. The quantitative estimate of drug-likeness (QED) is 0.140. The van der Waals surface area contributed by atoms with Gasteiger partial charge in [0.15, 0.2) is 5.82 Å². The van der Waals surface area contributed by atoms with Gasteiger partial charge in [0.25, 0.3) is 0 Å². The number of nitrogens with zero attached hydrogens (tertiary/aromatic N) is 3. The van der Waals surface area contributed by atoms with Crippen molar-refractivity contribution < 1.29 is 38.1 Å². The van der Waals surface area contributed by atoms with Crippen LogP contribution in [-0.2, 0) is 23.4 Å².